The first-order chi connectivity index (χ1) is 13.8. The first-order valence-corrected chi connectivity index (χ1v) is 12.8. The van der Waals surface area contributed by atoms with Crippen LogP contribution in [0.4, 0.5) is 0 Å². The van der Waals surface area contributed by atoms with E-state index in [0.717, 1.165) is 56.0 Å². The summed E-state index contributed by atoms with van der Waals surface area (Å²) >= 11 is 0. The summed E-state index contributed by atoms with van der Waals surface area (Å²) < 4.78 is 5.41. The number of hydrogen-bond donors (Lipinski definition) is 2. The largest absolute Gasteiger partial charge is 0.393 e. The fourth-order valence-electron chi connectivity index (χ4n) is 9.36. The van der Waals surface area contributed by atoms with Crippen LogP contribution in [0.5, 0.6) is 0 Å². The van der Waals surface area contributed by atoms with E-state index in [9.17, 15) is 10.2 Å². The zero-order valence-corrected chi connectivity index (χ0v) is 19.0. The maximum Gasteiger partial charge on any atom is 0.0810 e. The number of epoxide rings is 1. The SMILES string of the molecule is C[C@H](CCCC1CO1)[C@H]1CCC2C3C[C@H](O)[C@@H]4C[C@H](O)CC[C@]4(C)C3CC[C@@]21C. The third-order valence-electron chi connectivity index (χ3n) is 11.0. The maximum atomic E-state index is 11.2. The monoisotopic (exact) mass is 404 g/mol. The Bertz CT molecular complexity index is 603. The highest BCUT2D eigenvalue weighted by Gasteiger charge is 2.62. The molecular formula is C26H44O3. The Morgan fingerprint density at radius 2 is 1.66 bits per heavy atom. The van der Waals surface area contributed by atoms with Crippen LogP contribution >= 0.6 is 0 Å². The molecule has 0 spiro atoms. The predicted molar refractivity (Wildman–Crippen MR) is 115 cm³/mol. The molecule has 166 valence electrons. The Kier molecular flexibility index (Phi) is 5.36. The number of aliphatic hydroxyl groups excluding tert-OH is 2. The topological polar surface area (TPSA) is 53.0 Å². The minimum atomic E-state index is -0.200. The van der Waals surface area contributed by atoms with Crippen LogP contribution < -0.4 is 0 Å². The van der Waals surface area contributed by atoms with Crippen LogP contribution in [0.1, 0.15) is 91.4 Å². The van der Waals surface area contributed by atoms with E-state index < -0.39 is 0 Å². The minimum absolute atomic E-state index is 0.189. The van der Waals surface area contributed by atoms with E-state index in [1.54, 1.807) is 0 Å². The van der Waals surface area contributed by atoms with E-state index in [1.807, 2.05) is 0 Å². The van der Waals surface area contributed by atoms with Crippen molar-refractivity contribution in [1.29, 1.82) is 0 Å². The number of aliphatic hydroxyl groups is 2. The standard InChI is InChI=1S/C26H44O3/c1-16(5-4-6-18-15-29-18)20-7-8-21-19-14-24(28)23-13-17(27)9-11-26(23,3)22(19)10-12-25(20,21)2/h16-24,27-28H,4-15H2,1-3H3/t16-,17-,18?,19?,20-,21?,22?,23+,24+,25-,26-/m1/s1. The highest BCUT2D eigenvalue weighted by molar-refractivity contribution is 5.11. The third-order valence-corrected chi connectivity index (χ3v) is 11.0. The molecule has 4 unspecified atom stereocenters. The zero-order valence-electron chi connectivity index (χ0n) is 19.0. The molecule has 5 aliphatic rings. The number of rotatable bonds is 5. The average Bonchev–Trinajstić information content (AvgIpc) is 3.42. The molecule has 1 aliphatic heterocycles. The second-order valence-electron chi connectivity index (χ2n) is 12.3. The van der Waals surface area contributed by atoms with E-state index in [-0.39, 0.29) is 17.6 Å². The molecule has 1 saturated heterocycles. The van der Waals surface area contributed by atoms with Gasteiger partial charge in [0.05, 0.1) is 24.9 Å². The Hall–Kier alpha value is -0.120. The molecule has 0 aromatic rings. The fourth-order valence-corrected chi connectivity index (χ4v) is 9.36. The summed E-state index contributed by atoms with van der Waals surface area (Å²) in [7, 11) is 0. The van der Waals surface area contributed by atoms with Gasteiger partial charge in [-0.1, -0.05) is 33.6 Å². The van der Waals surface area contributed by atoms with Gasteiger partial charge in [0.15, 0.2) is 0 Å². The van der Waals surface area contributed by atoms with Crippen molar-refractivity contribution in [2.24, 2.45) is 46.3 Å². The minimum Gasteiger partial charge on any atom is -0.393 e. The summed E-state index contributed by atoms with van der Waals surface area (Å²) in [5, 5.41) is 21.4. The molecule has 1 heterocycles. The molecule has 5 fully saturated rings. The molecule has 0 bridgehead atoms. The average molecular weight is 405 g/mol. The van der Waals surface area contributed by atoms with Crippen LogP contribution in [0.25, 0.3) is 0 Å². The summed E-state index contributed by atoms with van der Waals surface area (Å²) in [6.07, 6.45) is 13.6. The molecule has 0 aromatic heterocycles. The lowest BCUT2D eigenvalue weighted by atomic mass is 9.44. The van der Waals surface area contributed by atoms with Crippen molar-refractivity contribution in [3.05, 3.63) is 0 Å². The van der Waals surface area contributed by atoms with Crippen molar-refractivity contribution in [2.45, 2.75) is 110 Å². The molecule has 2 N–H and O–H groups in total. The van der Waals surface area contributed by atoms with E-state index >= 15 is 0 Å². The van der Waals surface area contributed by atoms with E-state index in [4.69, 9.17) is 4.74 Å². The van der Waals surface area contributed by atoms with Gasteiger partial charge in [-0.25, -0.2) is 0 Å². The normalized spacial score (nSPS) is 54.9. The molecule has 5 rings (SSSR count). The molecule has 11 atom stereocenters. The Morgan fingerprint density at radius 3 is 2.41 bits per heavy atom. The van der Waals surface area contributed by atoms with Crippen LogP contribution in [0, 0.1) is 46.3 Å². The summed E-state index contributed by atoms with van der Waals surface area (Å²) in [6.45, 7) is 8.62. The zero-order chi connectivity index (χ0) is 20.4. The van der Waals surface area contributed by atoms with Crippen LogP contribution in [0.2, 0.25) is 0 Å². The molecule has 3 heteroatoms. The van der Waals surface area contributed by atoms with Crippen LogP contribution in [-0.2, 0) is 4.74 Å². The second-order valence-corrected chi connectivity index (χ2v) is 12.3. The van der Waals surface area contributed by atoms with Gasteiger partial charge in [-0.15, -0.1) is 0 Å². The molecule has 0 radical (unpaired) electrons. The van der Waals surface area contributed by atoms with Crippen molar-refractivity contribution >= 4 is 0 Å². The summed E-state index contributed by atoms with van der Waals surface area (Å²) in [5.41, 5.74) is 0.727. The van der Waals surface area contributed by atoms with Gasteiger partial charge >= 0.3 is 0 Å². The first-order valence-electron chi connectivity index (χ1n) is 12.8. The van der Waals surface area contributed by atoms with Crippen LogP contribution in [0.3, 0.4) is 0 Å². The van der Waals surface area contributed by atoms with Crippen molar-refractivity contribution in [3.63, 3.8) is 0 Å². The van der Waals surface area contributed by atoms with Gasteiger partial charge in [-0.2, -0.15) is 0 Å². The predicted octanol–water partition coefficient (Wildman–Crippen LogP) is 5.18. The van der Waals surface area contributed by atoms with Gasteiger partial charge in [-0.05, 0) is 104 Å². The Morgan fingerprint density at radius 1 is 0.931 bits per heavy atom. The number of hydrogen-bond acceptors (Lipinski definition) is 3. The summed E-state index contributed by atoms with van der Waals surface area (Å²) in [6, 6.07) is 0. The van der Waals surface area contributed by atoms with Gasteiger partial charge in [0.25, 0.3) is 0 Å². The molecule has 3 nitrogen and oxygen atoms in total. The molecule has 4 aliphatic carbocycles. The highest BCUT2D eigenvalue weighted by atomic mass is 16.6. The van der Waals surface area contributed by atoms with Crippen molar-refractivity contribution < 1.29 is 14.9 Å². The third kappa shape index (κ3) is 3.42. The van der Waals surface area contributed by atoms with E-state index in [0.29, 0.717) is 23.4 Å². The second kappa shape index (κ2) is 7.48. The van der Waals surface area contributed by atoms with E-state index in [2.05, 4.69) is 20.8 Å². The van der Waals surface area contributed by atoms with Gasteiger partial charge in [-0.3, -0.25) is 0 Å². The van der Waals surface area contributed by atoms with Crippen LogP contribution in [-0.4, -0.2) is 35.1 Å². The summed E-state index contributed by atoms with van der Waals surface area (Å²) in [5.74, 6) is 4.28. The van der Waals surface area contributed by atoms with Crippen molar-refractivity contribution in [1.82, 2.24) is 0 Å². The van der Waals surface area contributed by atoms with Gasteiger partial charge in [0, 0.05) is 0 Å². The van der Waals surface area contributed by atoms with Gasteiger partial charge in [0.2, 0.25) is 0 Å². The van der Waals surface area contributed by atoms with Crippen molar-refractivity contribution in [2.75, 3.05) is 6.61 Å². The number of fused-ring (bicyclic) bond motifs is 5. The molecular weight excluding hydrogens is 360 g/mol. The fraction of sp³-hybridized carbons (Fsp3) is 1.00. The highest BCUT2D eigenvalue weighted by Crippen LogP contribution is 2.68. The smallest absolute Gasteiger partial charge is 0.0810 e. The van der Waals surface area contributed by atoms with Gasteiger partial charge in [0.1, 0.15) is 0 Å². The van der Waals surface area contributed by atoms with Crippen molar-refractivity contribution in [3.8, 4) is 0 Å². The lowest BCUT2D eigenvalue weighted by molar-refractivity contribution is -0.172. The molecule has 4 saturated carbocycles. The molecule has 0 aromatic carbocycles. The maximum absolute atomic E-state index is 11.2. The molecule has 29 heavy (non-hydrogen) atoms. The van der Waals surface area contributed by atoms with Gasteiger partial charge < -0.3 is 14.9 Å². The molecule has 0 amide bonds. The number of ether oxygens (including phenoxy) is 1. The van der Waals surface area contributed by atoms with Crippen LogP contribution in [0.15, 0.2) is 0 Å². The first kappa shape index (κ1) is 20.8. The lowest BCUT2D eigenvalue weighted by Gasteiger charge is -2.62. The summed E-state index contributed by atoms with van der Waals surface area (Å²) in [4.78, 5) is 0. The Labute approximate surface area is 178 Å². The lowest BCUT2D eigenvalue weighted by Crippen LogP contribution is -2.58. The Balaban J connectivity index is 1.31. The van der Waals surface area contributed by atoms with E-state index in [1.165, 1.54) is 44.9 Å². The quantitative estimate of drug-likeness (QED) is 0.621.